The molecular weight excluding hydrogens is 657 g/mol. The van der Waals surface area contributed by atoms with Crippen LogP contribution in [-0.2, 0) is 0 Å². The van der Waals surface area contributed by atoms with Crippen LogP contribution in [0.4, 0.5) is 0 Å². The molecule has 0 aliphatic rings. The van der Waals surface area contributed by atoms with E-state index in [0.29, 0.717) is 5.56 Å². The number of hydrogen-bond donors (Lipinski definition) is 0. The van der Waals surface area contributed by atoms with E-state index in [-0.39, 0.29) is 0 Å². The molecular formula is C50H34N4. The second-order valence-corrected chi connectivity index (χ2v) is 14.0. The van der Waals surface area contributed by atoms with Crippen LogP contribution in [0.25, 0.3) is 88.4 Å². The van der Waals surface area contributed by atoms with Gasteiger partial charge in [0.25, 0.3) is 0 Å². The fraction of sp³-hybridized carbons (Fsp3) is 0.0400. The summed E-state index contributed by atoms with van der Waals surface area (Å²) in [6.45, 7) is 4.34. The molecule has 4 heteroatoms. The third-order valence-electron chi connectivity index (χ3n) is 10.9. The zero-order valence-corrected chi connectivity index (χ0v) is 30.0. The average molecular weight is 691 g/mol. The minimum Gasteiger partial charge on any atom is -0.307 e. The van der Waals surface area contributed by atoms with Crippen molar-refractivity contribution in [3.63, 3.8) is 0 Å². The van der Waals surface area contributed by atoms with Crippen LogP contribution < -0.4 is 0 Å². The van der Waals surface area contributed by atoms with Crippen LogP contribution in [0.2, 0.25) is 0 Å². The smallest absolute Gasteiger partial charge is 0.0991 e. The SMILES string of the molecule is Cc1ccccc1-c1ccc2c(c1)c1ccccc1n2-c1cncc(-n2c3ccccc3c3cc(-c4ccccc4C)ccc32)c1-c1ccc(C#N)cc1. The lowest BCUT2D eigenvalue weighted by atomic mass is 9.98. The summed E-state index contributed by atoms with van der Waals surface area (Å²) in [6.07, 6.45) is 3.98. The number of aryl methyl sites for hydroxylation is 2. The summed E-state index contributed by atoms with van der Waals surface area (Å²) in [5.74, 6) is 0. The molecule has 7 aromatic carbocycles. The van der Waals surface area contributed by atoms with Crippen molar-refractivity contribution in [1.29, 1.82) is 5.26 Å². The Morgan fingerprint density at radius 1 is 0.444 bits per heavy atom. The van der Waals surface area contributed by atoms with Gasteiger partial charge in [-0.3, -0.25) is 4.98 Å². The second-order valence-electron chi connectivity index (χ2n) is 14.0. The first kappa shape index (κ1) is 31.5. The maximum atomic E-state index is 9.76. The van der Waals surface area contributed by atoms with Gasteiger partial charge in [-0.2, -0.15) is 5.26 Å². The largest absolute Gasteiger partial charge is 0.307 e. The molecule has 254 valence electrons. The Morgan fingerprint density at radius 2 is 0.870 bits per heavy atom. The maximum Gasteiger partial charge on any atom is 0.0991 e. The summed E-state index contributed by atoms with van der Waals surface area (Å²) in [6, 6.07) is 58.3. The van der Waals surface area contributed by atoms with Crippen LogP contribution in [-0.4, -0.2) is 14.1 Å². The van der Waals surface area contributed by atoms with Gasteiger partial charge in [0.15, 0.2) is 0 Å². The molecule has 0 amide bonds. The normalized spacial score (nSPS) is 11.5. The predicted molar refractivity (Wildman–Crippen MR) is 223 cm³/mol. The van der Waals surface area contributed by atoms with Crippen LogP contribution in [0.15, 0.2) is 170 Å². The first-order valence-electron chi connectivity index (χ1n) is 18.3. The molecule has 0 unspecified atom stereocenters. The van der Waals surface area contributed by atoms with Gasteiger partial charge in [-0.15, -0.1) is 0 Å². The van der Waals surface area contributed by atoms with E-state index in [4.69, 9.17) is 4.98 Å². The fourth-order valence-electron chi connectivity index (χ4n) is 8.38. The Bertz CT molecular complexity index is 2950. The van der Waals surface area contributed by atoms with Crippen LogP contribution in [0.1, 0.15) is 16.7 Å². The van der Waals surface area contributed by atoms with E-state index >= 15 is 0 Å². The summed E-state index contributed by atoms with van der Waals surface area (Å²) in [7, 11) is 0. The fourth-order valence-corrected chi connectivity index (χ4v) is 8.38. The number of benzene rings is 7. The quantitative estimate of drug-likeness (QED) is 0.180. The number of nitrogens with zero attached hydrogens (tertiary/aromatic N) is 4. The van der Waals surface area contributed by atoms with E-state index in [9.17, 15) is 5.26 Å². The van der Waals surface area contributed by atoms with Crippen molar-refractivity contribution >= 4 is 43.6 Å². The first-order valence-corrected chi connectivity index (χ1v) is 18.3. The lowest BCUT2D eigenvalue weighted by Gasteiger charge is -2.19. The highest BCUT2D eigenvalue weighted by Crippen LogP contribution is 2.43. The highest BCUT2D eigenvalue weighted by molar-refractivity contribution is 6.13. The number of hydrogen-bond acceptors (Lipinski definition) is 2. The van der Waals surface area contributed by atoms with Gasteiger partial charge >= 0.3 is 0 Å². The second kappa shape index (κ2) is 12.5. The molecule has 4 nitrogen and oxygen atoms in total. The van der Waals surface area contributed by atoms with Gasteiger partial charge < -0.3 is 9.13 Å². The Morgan fingerprint density at radius 3 is 1.35 bits per heavy atom. The Labute approximate surface area is 313 Å². The van der Waals surface area contributed by atoms with Crippen molar-refractivity contribution in [1.82, 2.24) is 14.1 Å². The summed E-state index contributed by atoms with van der Waals surface area (Å²) in [4.78, 5) is 5.00. The molecule has 0 aliphatic carbocycles. The van der Waals surface area contributed by atoms with Gasteiger partial charge in [0.05, 0.1) is 57.5 Å². The molecule has 10 aromatic rings. The molecule has 10 rings (SSSR count). The molecule has 0 saturated heterocycles. The van der Waals surface area contributed by atoms with Crippen LogP contribution in [0.5, 0.6) is 0 Å². The Hall–Kier alpha value is -7.22. The zero-order chi connectivity index (χ0) is 36.3. The summed E-state index contributed by atoms with van der Waals surface area (Å²) < 4.78 is 4.72. The van der Waals surface area contributed by atoms with Gasteiger partial charge in [0, 0.05) is 27.1 Å². The highest BCUT2D eigenvalue weighted by Gasteiger charge is 2.23. The molecule has 0 atom stereocenters. The van der Waals surface area contributed by atoms with Crippen molar-refractivity contribution in [2.24, 2.45) is 0 Å². The monoisotopic (exact) mass is 690 g/mol. The van der Waals surface area contributed by atoms with Gasteiger partial charge in [0.1, 0.15) is 0 Å². The highest BCUT2D eigenvalue weighted by atomic mass is 15.0. The molecule has 0 aliphatic heterocycles. The predicted octanol–water partition coefficient (Wildman–Crippen LogP) is 12.8. The van der Waals surface area contributed by atoms with E-state index in [1.54, 1.807) is 0 Å². The van der Waals surface area contributed by atoms with Crippen molar-refractivity contribution in [3.05, 3.63) is 187 Å². The molecule has 0 fully saturated rings. The molecule has 0 N–H and O–H groups in total. The Balaban J connectivity index is 1.29. The zero-order valence-electron chi connectivity index (χ0n) is 30.0. The van der Waals surface area contributed by atoms with E-state index in [1.807, 2.05) is 24.5 Å². The lowest BCUT2D eigenvalue weighted by molar-refractivity contribution is 1.09. The number of aromatic nitrogens is 3. The van der Waals surface area contributed by atoms with Gasteiger partial charge in [-0.05, 0) is 101 Å². The summed E-state index contributed by atoms with van der Waals surface area (Å²) in [5.41, 5.74) is 16.4. The van der Waals surface area contributed by atoms with Crippen molar-refractivity contribution < 1.29 is 0 Å². The van der Waals surface area contributed by atoms with E-state index in [2.05, 4.69) is 175 Å². The van der Waals surface area contributed by atoms with E-state index < -0.39 is 0 Å². The maximum absolute atomic E-state index is 9.76. The Kier molecular flexibility index (Phi) is 7.28. The first-order chi connectivity index (χ1) is 26.6. The van der Waals surface area contributed by atoms with E-state index in [1.165, 1.54) is 54.9 Å². The van der Waals surface area contributed by atoms with Gasteiger partial charge in [0.2, 0.25) is 0 Å². The number of pyridine rings is 1. The van der Waals surface area contributed by atoms with Gasteiger partial charge in [-0.25, -0.2) is 0 Å². The minimum atomic E-state index is 0.622. The van der Waals surface area contributed by atoms with Gasteiger partial charge in [-0.1, -0.05) is 109 Å². The third-order valence-corrected chi connectivity index (χ3v) is 10.9. The molecule has 54 heavy (non-hydrogen) atoms. The van der Waals surface area contributed by atoms with Crippen LogP contribution in [0, 0.1) is 25.2 Å². The van der Waals surface area contributed by atoms with Crippen molar-refractivity contribution in [2.75, 3.05) is 0 Å². The van der Waals surface area contributed by atoms with Crippen molar-refractivity contribution in [3.8, 4) is 50.8 Å². The molecule has 3 heterocycles. The minimum absolute atomic E-state index is 0.622. The molecule has 0 bridgehead atoms. The number of rotatable bonds is 5. The number of nitriles is 1. The van der Waals surface area contributed by atoms with Crippen LogP contribution >= 0.6 is 0 Å². The third kappa shape index (κ3) is 4.87. The number of para-hydroxylation sites is 2. The molecule has 0 spiro atoms. The lowest BCUT2D eigenvalue weighted by Crippen LogP contribution is -2.05. The molecule has 0 saturated carbocycles. The van der Waals surface area contributed by atoms with Crippen molar-refractivity contribution in [2.45, 2.75) is 13.8 Å². The molecule has 0 radical (unpaired) electrons. The average Bonchev–Trinajstić information content (AvgIpc) is 3.73. The number of fused-ring (bicyclic) bond motifs is 6. The topological polar surface area (TPSA) is 46.5 Å². The molecule has 3 aromatic heterocycles. The van der Waals surface area contributed by atoms with E-state index in [0.717, 1.165) is 44.6 Å². The van der Waals surface area contributed by atoms with Crippen LogP contribution in [0.3, 0.4) is 0 Å². The summed E-state index contributed by atoms with van der Waals surface area (Å²) in [5, 5.41) is 14.5. The summed E-state index contributed by atoms with van der Waals surface area (Å²) >= 11 is 0. The standard InChI is InChI=1S/C50H34N4/c1-32-11-3-5-13-38(32)36-23-25-46-42(27-36)40-15-7-9-17-44(40)53(46)48-30-52-31-49(50(48)35-21-19-34(29-51)20-22-35)54-45-18-10-8-16-41(45)43-28-37(24-26-47(43)54)39-14-6-4-12-33(39)2/h3-28,30-31H,1-2H3.